The van der Waals surface area contributed by atoms with Crippen LogP contribution < -0.4 is 0 Å². The molecule has 0 rings (SSSR count). The third-order valence-electron chi connectivity index (χ3n) is 2.06. The fraction of sp³-hybridized carbons (Fsp3) is 0.700. The van der Waals surface area contributed by atoms with Gasteiger partial charge in [-0.25, -0.2) is 0 Å². The summed E-state index contributed by atoms with van der Waals surface area (Å²) in [4.78, 5) is 10.9. The second-order valence-electron chi connectivity index (χ2n) is 3.72. The molecule has 13 heavy (non-hydrogen) atoms. The Hall–Kier alpha value is -0.500. The molecule has 0 spiro atoms. The highest BCUT2D eigenvalue weighted by Gasteiger charge is 2.26. The van der Waals surface area contributed by atoms with E-state index in [-0.39, 0.29) is 17.8 Å². The molecule has 0 heterocycles. The summed E-state index contributed by atoms with van der Waals surface area (Å²) in [5.74, 6) is -1.000. The van der Waals surface area contributed by atoms with Crippen LogP contribution in [-0.4, -0.2) is 11.1 Å². The Bertz CT molecular complexity index is 205. The van der Waals surface area contributed by atoms with E-state index < -0.39 is 5.97 Å². The summed E-state index contributed by atoms with van der Waals surface area (Å²) in [6.07, 6.45) is 1.79. The first-order chi connectivity index (χ1) is 5.86. The quantitative estimate of drug-likeness (QED) is 0.764. The summed E-state index contributed by atoms with van der Waals surface area (Å²) in [7, 11) is 0. The second kappa shape index (κ2) is 5.28. The number of carboxylic acids is 1. The van der Waals surface area contributed by atoms with Crippen LogP contribution in [0.3, 0.4) is 0 Å². The van der Waals surface area contributed by atoms with Crippen molar-refractivity contribution in [3.63, 3.8) is 0 Å². The Kier molecular flexibility index (Phi) is 5.07. The molecule has 2 unspecified atom stereocenters. The second-order valence-corrected chi connectivity index (χ2v) is 4.32. The van der Waals surface area contributed by atoms with E-state index in [1.807, 2.05) is 20.8 Å². The fourth-order valence-electron chi connectivity index (χ4n) is 1.58. The summed E-state index contributed by atoms with van der Waals surface area (Å²) < 4.78 is 0. The Morgan fingerprint density at radius 1 is 1.38 bits per heavy atom. The highest BCUT2D eigenvalue weighted by molar-refractivity contribution is 6.29. The molecular weight excluding hydrogens is 188 g/mol. The Balaban J connectivity index is 4.56. The third-order valence-corrected chi connectivity index (χ3v) is 2.19. The van der Waals surface area contributed by atoms with E-state index in [0.717, 1.165) is 0 Å². The van der Waals surface area contributed by atoms with Crippen LogP contribution in [0.5, 0.6) is 0 Å². The lowest BCUT2D eigenvalue weighted by Gasteiger charge is -2.20. The van der Waals surface area contributed by atoms with E-state index in [2.05, 4.69) is 0 Å². The average Bonchev–Trinajstić information content (AvgIpc) is 1.81. The number of rotatable bonds is 4. The van der Waals surface area contributed by atoms with Crippen molar-refractivity contribution in [2.24, 2.45) is 17.8 Å². The Morgan fingerprint density at radius 3 is 2.08 bits per heavy atom. The zero-order valence-corrected chi connectivity index (χ0v) is 9.30. The van der Waals surface area contributed by atoms with Crippen LogP contribution in [0.1, 0.15) is 27.7 Å². The Labute approximate surface area is 84.6 Å². The van der Waals surface area contributed by atoms with Crippen LogP contribution in [0.4, 0.5) is 0 Å². The van der Waals surface area contributed by atoms with E-state index >= 15 is 0 Å². The van der Waals surface area contributed by atoms with Gasteiger partial charge < -0.3 is 5.11 Å². The topological polar surface area (TPSA) is 37.3 Å². The van der Waals surface area contributed by atoms with Crippen LogP contribution in [-0.2, 0) is 4.79 Å². The van der Waals surface area contributed by atoms with Crippen LogP contribution in [0.15, 0.2) is 11.1 Å². The molecule has 0 radical (unpaired) electrons. The monoisotopic (exact) mass is 204 g/mol. The van der Waals surface area contributed by atoms with Crippen molar-refractivity contribution in [1.82, 2.24) is 0 Å². The number of hydrogen-bond acceptors (Lipinski definition) is 1. The van der Waals surface area contributed by atoms with Gasteiger partial charge in [-0.2, -0.15) is 0 Å². The minimum absolute atomic E-state index is 0.0185. The predicted octanol–water partition coefficient (Wildman–Crippen LogP) is 3.12. The smallest absolute Gasteiger partial charge is 0.307 e. The molecule has 0 aliphatic heterocycles. The first-order valence-corrected chi connectivity index (χ1v) is 4.80. The van der Waals surface area contributed by atoms with E-state index in [4.69, 9.17) is 16.7 Å². The van der Waals surface area contributed by atoms with Gasteiger partial charge in [0.15, 0.2) is 0 Å². The first-order valence-electron chi connectivity index (χ1n) is 4.43. The SMILES string of the molecule is C/C(Cl)=C/C(C)C(C(=O)O)C(C)C. The number of hydrogen-bond donors (Lipinski definition) is 1. The maximum atomic E-state index is 10.9. The van der Waals surface area contributed by atoms with Gasteiger partial charge in [0.05, 0.1) is 5.92 Å². The fourth-order valence-corrected chi connectivity index (χ4v) is 1.78. The van der Waals surface area contributed by atoms with Gasteiger partial charge in [-0.15, -0.1) is 0 Å². The molecule has 0 bridgehead atoms. The molecule has 0 aliphatic rings. The van der Waals surface area contributed by atoms with Gasteiger partial charge in [0.1, 0.15) is 0 Å². The lowest BCUT2D eigenvalue weighted by atomic mass is 9.84. The lowest BCUT2D eigenvalue weighted by Crippen LogP contribution is -2.25. The third kappa shape index (κ3) is 4.32. The molecule has 1 N–H and O–H groups in total. The largest absolute Gasteiger partial charge is 0.481 e. The number of carbonyl (C=O) groups is 1. The van der Waals surface area contributed by atoms with Crippen molar-refractivity contribution >= 4 is 17.6 Å². The number of allylic oxidation sites excluding steroid dienone is 2. The van der Waals surface area contributed by atoms with E-state index in [1.54, 1.807) is 13.0 Å². The molecule has 3 heteroatoms. The van der Waals surface area contributed by atoms with Crippen molar-refractivity contribution in [2.75, 3.05) is 0 Å². The molecule has 0 amide bonds. The van der Waals surface area contributed by atoms with Crippen molar-refractivity contribution < 1.29 is 9.90 Å². The molecule has 0 aromatic heterocycles. The highest BCUT2D eigenvalue weighted by atomic mass is 35.5. The molecule has 0 aromatic carbocycles. The number of carboxylic acid groups (broad SMARTS) is 1. The molecule has 2 nitrogen and oxygen atoms in total. The summed E-state index contributed by atoms with van der Waals surface area (Å²) in [6, 6.07) is 0. The van der Waals surface area contributed by atoms with Crippen molar-refractivity contribution in [1.29, 1.82) is 0 Å². The normalized spacial score (nSPS) is 17.2. The van der Waals surface area contributed by atoms with Gasteiger partial charge in [0, 0.05) is 5.03 Å². The summed E-state index contributed by atoms with van der Waals surface area (Å²) in [5, 5.41) is 9.61. The molecular formula is C10H17ClO2. The molecule has 0 saturated heterocycles. The van der Waals surface area contributed by atoms with Crippen LogP contribution in [0.25, 0.3) is 0 Å². The molecule has 2 atom stereocenters. The van der Waals surface area contributed by atoms with Gasteiger partial charge in [0.25, 0.3) is 0 Å². The van der Waals surface area contributed by atoms with Gasteiger partial charge in [-0.05, 0) is 18.8 Å². The van der Waals surface area contributed by atoms with Gasteiger partial charge >= 0.3 is 5.97 Å². The van der Waals surface area contributed by atoms with Crippen LogP contribution in [0.2, 0.25) is 0 Å². The predicted molar refractivity (Wildman–Crippen MR) is 54.7 cm³/mol. The first kappa shape index (κ1) is 12.5. The molecule has 0 aliphatic carbocycles. The molecule has 0 saturated carbocycles. The Morgan fingerprint density at radius 2 is 1.85 bits per heavy atom. The van der Waals surface area contributed by atoms with Gasteiger partial charge in [-0.1, -0.05) is 38.4 Å². The molecule has 0 aromatic rings. The molecule has 0 fully saturated rings. The summed E-state index contributed by atoms with van der Waals surface area (Å²) >= 11 is 5.69. The van der Waals surface area contributed by atoms with Gasteiger partial charge in [0.2, 0.25) is 0 Å². The van der Waals surface area contributed by atoms with E-state index in [9.17, 15) is 4.79 Å². The summed E-state index contributed by atoms with van der Waals surface area (Å²) in [6.45, 7) is 7.46. The van der Waals surface area contributed by atoms with Crippen LogP contribution >= 0.6 is 11.6 Å². The van der Waals surface area contributed by atoms with Gasteiger partial charge in [-0.3, -0.25) is 4.79 Å². The lowest BCUT2D eigenvalue weighted by molar-refractivity contribution is -0.144. The maximum Gasteiger partial charge on any atom is 0.307 e. The minimum atomic E-state index is -0.753. The van der Waals surface area contributed by atoms with Crippen molar-refractivity contribution in [3.8, 4) is 0 Å². The zero-order valence-electron chi connectivity index (χ0n) is 8.54. The highest BCUT2D eigenvalue weighted by Crippen LogP contribution is 2.23. The molecule has 76 valence electrons. The summed E-state index contributed by atoms with van der Waals surface area (Å²) in [5.41, 5.74) is 0. The van der Waals surface area contributed by atoms with E-state index in [1.165, 1.54) is 0 Å². The standard InChI is InChI=1S/C10H17ClO2/c1-6(2)9(10(12)13)7(3)5-8(4)11/h5-7,9H,1-4H3,(H,12,13)/b8-5-. The number of aliphatic carboxylic acids is 1. The maximum absolute atomic E-state index is 10.9. The zero-order chi connectivity index (χ0) is 10.6. The number of halogens is 1. The van der Waals surface area contributed by atoms with E-state index in [0.29, 0.717) is 5.03 Å². The average molecular weight is 205 g/mol. The van der Waals surface area contributed by atoms with Crippen LogP contribution in [0, 0.1) is 17.8 Å². The van der Waals surface area contributed by atoms with Crippen molar-refractivity contribution in [2.45, 2.75) is 27.7 Å². The minimum Gasteiger partial charge on any atom is -0.481 e. The van der Waals surface area contributed by atoms with Crippen molar-refractivity contribution in [3.05, 3.63) is 11.1 Å².